The Labute approximate surface area is 124 Å². The maximum Gasteiger partial charge on any atom is 0.307 e. The monoisotopic (exact) mass is 291 g/mol. The number of piperidine rings is 1. The fraction of sp³-hybridized carbons (Fsp3) is 0.562. The van der Waals surface area contributed by atoms with Gasteiger partial charge in [-0.2, -0.15) is 0 Å². The zero-order valence-electron chi connectivity index (χ0n) is 12.2. The van der Waals surface area contributed by atoms with Crippen LogP contribution in [0, 0.1) is 5.92 Å². The van der Waals surface area contributed by atoms with Crippen molar-refractivity contribution in [1.29, 1.82) is 0 Å². The van der Waals surface area contributed by atoms with E-state index in [2.05, 4.69) is 11.8 Å². The number of carbonyl (C=O) groups is 1. The lowest BCUT2D eigenvalue weighted by atomic mass is 9.95. The number of hydrogen-bond donors (Lipinski definition) is 1. The molecule has 0 bridgehead atoms. The van der Waals surface area contributed by atoms with Gasteiger partial charge in [-0.05, 0) is 44.0 Å². The molecule has 0 aliphatic carbocycles. The Bertz CT molecular complexity index is 531. The molecular formula is C16H21NO4. The van der Waals surface area contributed by atoms with Crippen LogP contribution in [0.15, 0.2) is 18.2 Å². The molecule has 1 aromatic rings. The van der Waals surface area contributed by atoms with E-state index in [4.69, 9.17) is 9.47 Å². The fourth-order valence-electron chi connectivity index (χ4n) is 3.09. The van der Waals surface area contributed by atoms with Gasteiger partial charge >= 0.3 is 5.97 Å². The van der Waals surface area contributed by atoms with Crippen LogP contribution in [0.25, 0.3) is 0 Å². The molecule has 1 aromatic carbocycles. The third kappa shape index (κ3) is 2.97. The minimum atomic E-state index is -0.686. The van der Waals surface area contributed by atoms with Crippen LogP contribution in [-0.2, 0) is 4.79 Å². The van der Waals surface area contributed by atoms with Crippen LogP contribution in [0.2, 0.25) is 0 Å². The van der Waals surface area contributed by atoms with Gasteiger partial charge in [0.05, 0.1) is 5.92 Å². The summed E-state index contributed by atoms with van der Waals surface area (Å²) in [5, 5.41) is 9.20. The number of hydrogen-bond acceptors (Lipinski definition) is 4. The van der Waals surface area contributed by atoms with E-state index in [0.29, 0.717) is 19.8 Å². The molecule has 0 radical (unpaired) electrons. The van der Waals surface area contributed by atoms with Crippen molar-refractivity contribution in [2.45, 2.75) is 25.8 Å². The predicted octanol–water partition coefficient (Wildman–Crippen LogP) is 2.32. The van der Waals surface area contributed by atoms with E-state index in [1.807, 2.05) is 18.2 Å². The first-order valence-corrected chi connectivity index (χ1v) is 7.51. The smallest absolute Gasteiger partial charge is 0.307 e. The molecule has 0 saturated carbocycles. The summed E-state index contributed by atoms with van der Waals surface area (Å²) in [6.45, 7) is 4.85. The number of fused-ring (bicyclic) bond motifs is 1. The van der Waals surface area contributed by atoms with Gasteiger partial charge in [0.25, 0.3) is 0 Å². The van der Waals surface area contributed by atoms with E-state index in [9.17, 15) is 9.90 Å². The highest BCUT2D eigenvalue weighted by Gasteiger charge is 2.28. The van der Waals surface area contributed by atoms with Crippen LogP contribution in [0.4, 0.5) is 0 Å². The maximum atomic E-state index is 11.2. The molecule has 1 fully saturated rings. The van der Waals surface area contributed by atoms with Crippen molar-refractivity contribution in [2.24, 2.45) is 5.92 Å². The molecule has 1 saturated heterocycles. The molecule has 1 N–H and O–H groups in total. The van der Waals surface area contributed by atoms with Crippen LogP contribution < -0.4 is 9.47 Å². The average molecular weight is 291 g/mol. The first-order chi connectivity index (χ1) is 10.1. The predicted molar refractivity (Wildman–Crippen MR) is 77.8 cm³/mol. The summed E-state index contributed by atoms with van der Waals surface area (Å²) in [5.74, 6) is 0.643. The number of ether oxygens (including phenoxy) is 2. The second-order valence-corrected chi connectivity index (χ2v) is 5.75. The summed E-state index contributed by atoms with van der Waals surface area (Å²) in [7, 11) is 0. The zero-order chi connectivity index (χ0) is 14.8. The third-order valence-corrected chi connectivity index (χ3v) is 4.40. The van der Waals surface area contributed by atoms with Crippen LogP contribution in [0.1, 0.15) is 31.4 Å². The molecule has 0 spiro atoms. The topological polar surface area (TPSA) is 59.0 Å². The molecule has 5 heteroatoms. The van der Waals surface area contributed by atoms with Crippen LogP contribution in [0.5, 0.6) is 11.5 Å². The van der Waals surface area contributed by atoms with Crippen LogP contribution in [-0.4, -0.2) is 42.3 Å². The molecule has 2 aliphatic rings. The van der Waals surface area contributed by atoms with Gasteiger partial charge in [0.15, 0.2) is 11.5 Å². The molecule has 3 rings (SSSR count). The largest absolute Gasteiger partial charge is 0.486 e. The van der Waals surface area contributed by atoms with E-state index in [0.717, 1.165) is 36.4 Å². The molecule has 2 unspecified atom stereocenters. The van der Waals surface area contributed by atoms with Crippen molar-refractivity contribution in [3.05, 3.63) is 23.8 Å². The number of carboxylic acid groups (broad SMARTS) is 1. The van der Waals surface area contributed by atoms with Crippen molar-refractivity contribution in [2.75, 3.05) is 26.3 Å². The minimum Gasteiger partial charge on any atom is -0.486 e. The normalized spacial score (nSPS) is 23.6. The highest BCUT2D eigenvalue weighted by atomic mass is 16.6. The average Bonchev–Trinajstić information content (AvgIpc) is 2.53. The molecule has 0 aromatic heterocycles. The number of likely N-dealkylation sites (tertiary alicyclic amines) is 1. The number of carboxylic acids is 1. The molecule has 2 atom stereocenters. The van der Waals surface area contributed by atoms with E-state index >= 15 is 0 Å². The third-order valence-electron chi connectivity index (χ3n) is 4.40. The Balaban J connectivity index is 1.75. The van der Waals surface area contributed by atoms with Crippen molar-refractivity contribution in [3.63, 3.8) is 0 Å². The van der Waals surface area contributed by atoms with Gasteiger partial charge in [0, 0.05) is 12.6 Å². The van der Waals surface area contributed by atoms with E-state index in [1.165, 1.54) is 0 Å². The van der Waals surface area contributed by atoms with Crippen molar-refractivity contribution < 1.29 is 19.4 Å². The molecule has 2 aliphatic heterocycles. The van der Waals surface area contributed by atoms with Crippen LogP contribution >= 0.6 is 0 Å². The molecule has 5 nitrogen and oxygen atoms in total. The first-order valence-electron chi connectivity index (χ1n) is 7.51. The van der Waals surface area contributed by atoms with Gasteiger partial charge in [0.1, 0.15) is 13.2 Å². The van der Waals surface area contributed by atoms with Gasteiger partial charge in [0.2, 0.25) is 0 Å². The minimum absolute atomic E-state index is 0.183. The Hall–Kier alpha value is -1.75. The molecule has 21 heavy (non-hydrogen) atoms. The highest BCUT2D eigenvalue weighted by Crippen LogP contribution is 2.35. The fourth-order valence-corrected chi connectivity index (χ4v) is 3.09. The number of aliphatic carboxylic acids is 1. The van der Waals surface area contributed by atoms with E-state index in [1.54, 1.807) is 0 Å². The van der Waals surface area contributed by atoms with E-state index in [-0.39, 0.29) is 12.0 Å². The van der Waals surface area contributed by atoms with Crippen molar-refractivity contribution in [1.82, 2.24) is 4.90 Å². The Morgan fingerprint density at radius 1 is 1.33 bits per heavy atom. The lowest BCUT2D eigenvalue weighted by Gasteiger charge is -2.35. The Morgan fingerprint density at radius 2 is 2.10 bits per heavy atom. The summed E-state index contributed by atoms with van der Waals surface area (Å²) in [4.78, 5) is 13.4. The van der Waals surface area contributed by atoms with Gasteiger partial charge in [-0.3, -0.25) is 9.69 Å². The lowest BCUT2D eigenvalue weighted by molar-refractivity contribution is -0.143. The second kappa shape index (κ2) is 5.93. The Morgan fingerprint density at radius 3 is 2.86 bits per heavy atom. The zero-order valence-corrected chi connectivity index (χ0v) is 12.2. The lowest BCUT2D eigenvalue weighted by Crippen LogP contribution is -2.40. The standard InChI is InChI=1S/C16H21NO4/c1-11(17-6-2-3-13(10-17)16(18)19)12-4-5-14-15(9-12)21-8-7-20-14/h4-5,9,11,13H,2-3,6-8,10H2,1H3,(H,18,19). The number of rotatable bonds is 3. The first kappa shape index (κ1) is 14.2. The second-order valence-electron chi connectivity index (χ2n) is 5.75. The summed E-state index contributed by atoms with van der Waals surface area (Å²) in [6.07, 6.45) is 1.71. The summed E-state index contributed by atoms with van der Waals surface area (Å²) < 4.78 is 11.2. The van der Waals surface area contributed by atoms with Crippen LogP contribution in [0.3, 0.4) is 0 Å². The highest BCUT2D eigenvalue weighted by molar-refractivity contribution is 5.70. The SMILES string of the molecule is CC(c1ccc2c(c1)OCCO2)N1CCCC(C(=O)O)C1. The quantitative estimate of drug-likeness (QED) is 0.926. The van der Waals surface area contributed by atoms with E-state index < -0.39 is 5.97 Å². The maximum absolute atomic E-state index is 11.2. The molecule has 114 valence electrons. The van der Waals surface area contributed by atoms with Gasteiger partial charge < -0.3 is 14.6 Å². The van der Waals surface area contributed by atoms with Crippen molar-refractivity contribution in [3.8, 4) is 11.5 Å². The summed E-state index contributed by atoms with van der Waals surface area (Å²) in [5.41, 5.74) is 1.14. The van der Waals surface area contributed by atoms with Gasteiger partial charge in [-0.15, -0.1) is 0 Å². The Kier molecular flexibility index (Phi) is 4.01. The van der Waals surface area contributed by atoms with Crippen molar-refractivity contribution >= 4 is 5.97 Å². The molecular weight excluding hydrogens is 270 g/mol. The summed E-state index contributed by atoms with van der Waals surface area (Å²) in [6, 6.07) is 6.19. The summed E-state index contributed by atoms with van der Waals surface area (Å²) >= 11 is 0. The number of benzene rings is 1. The molecule has 2 heterocycles. The van der Waals surface area contributed by atoms with Gasteiger partial charge in [-0.25, -0.2) is 0 Å². The number of nitrogens with zero attached hydrogens (tertiary/aromatic N) is 1. The van der Waals surface area contributed by atoms with Gasteiger partial charge in [-0.1, -0.05) is 6.07 Å². The molecule has 0 amide bonds.